The van der Waals surface area contributed by atoms with Gasteiger partial charge >= 0.3 is 5.97 Å². The van der Waals surface area contributed by atoms with Gasteiger partial charge in [0, 0.05) is 22.3 Å². The van der Waals surface area contributed by atoms with Gasteiger partial charge in [0.25, 0.3) is 5.91 Å². The average molecular weight is 372 g/mol. The number of fused-ring (bicyclic) bond motifs is 1. The third kappa shape index (κ3) is 4.78. The highest BCUT2D eigenvalue weighted by Crippen LogP contribution is 2.29. The highest BCUT2D eigenvalue weighted by atomic mass is 79.9. The van der Waals surface area contributed by atoms with Gasteiger partial charge in [0.15, 0.2) is 0 Å². The quantitative estimate of drug-likeness (QED) is 0.749. The molecule has 0 aromatic heterocycles. The number of nitrogens with one attached hydrogen (secondary N) is 1. The van der Waals surface area contributed by atoms with Gasteiger partial charge in [-0.15, -0.1) is 11.8 Å². The van der Waals surface area contributed by atoms with Crippen molar-refractivity contribution >= 4 is 45.6 Å². The molecule has 1 amide bonds. The molecule has 0 aliphatic carbocycles. The summed E-state index contributed by atoms with van der Waals surface area (Å²) in [5.74, 6) is 0.331. The largest absolute Gasteiger partial charge is 0.488 e. The molecule has 1 heterocycles. The van der Waals surface area contributed by atoms with Gasteiger partial charge in [-0.3, -0.25) is 9.59 Å². The first-order valence-electron chi connectivity index (χ1n) is 6.27. The monoisotopic (exact) mass is 371 g/mol. The van der Waals surface area contributed by atoms with Gasteiger partial charge in [0.05, 0.1) is 11.3 Å². The standard InChI is InChI=1S/C14H14BrNO4S/c15-11-1-2-12-9(6-11)5-10(7-20-12)14(19)16-3-4-21-8-13(17)18/h1-2,5-6H,3-4,7-8H2,(H,16,19)(H,17,18). The summed E-state index contributed by atoms with van der Waals surface area (Å²) in [7, 11) is 0. The number of hydrogen-bond donors (Lipinski definition) is 2. The second kappa shape index (κ2) is 7.51. The first-order chi connectivity index (χ1) is 10.1. The van der Waals surface area contributed by atoms with Crippen LogP contribution >= 0.6 is 27.7 Å². The number of amides is 1. The molecule has 21 heavy (non-hydrogen) atoms. The molecule has 5 nitrogen and oxygen atoms in total. The fourth-order valence-electron chi connectivity index (χ4n) is 1.79. The van der Waals surface area contributed by atoms with E-state index in [9.17, 15) is 9.59 Å². The second-order valence-electron chi connectivity index (χ2n) is 4.34. The molecule has 1 aromatic rings. The lowest BCUT2D eigenvalue weighted by Crippen LogP contribution is -2.30. The lowest BCUT2D eigenvalue weighted by atomic mass is 10.1. The van der Waals surface area contributed by atoms with E-state index in [-0.39, 0.29) is 18.3 Å². The normalized spacial score (nSPS) is 12.9. The molecular weight excluding hydrogens is 358 g/mol. The van der Waals surface area contributed by atoms with Crippen LogP contribution in [0.15, 0.2) is 28.2 Å². The van der Waals surface area contributed by atoms with Crippen LogP contribution in [-0.2, 0) is 9.59 Å². The van der Waals surface area contributed by atoms with Crippen LogP contribution in [0.5, 0.6) is 5.75 Å². The number of thioether (sulfide) groups is 1. The molecular formula is C14H14BrNO4S. The second-order valence-corrected chi connectivity index (χ2v) is 6.36. The number of aliphatic carboxylic acids is 1. The van der Waals surface area contributed by atoms with Crippen molar-refractivity contribution in [3.63, 3.8) is 0 Å². The van der Waals surface area contributed by atoms with E-state index in [1.54, 1.807) is 0 Å². The van der Waals surface area contributed by atoms with Gasteiger partial charge in [-0.2, -0.15) is 0 Å². The van der Waals surface area contributed by atoms with E-state index in [0.717, 1.165) is 15.8 Å². The smallest absolute Gasteiger partial charge is 0.313 e. The summed E-state index contributed by atoms with van der Waals surface area (Å²) in [6, 6.07) is 5.63. The van der Waals surface area contributed by atoms with Gasteiger partial charge in [-0.05, 0) is 24.3 Å². The van der Waals surface area contributed by atoms with E-state index in [2.05, 4.69) is 21.2 Å². The molecule has 0 bridgehead atoms. The van der Waals surface area contributed by atoms with Crippen LogP contribution in [0.1, 0.15) is 5.56 Å². The number of ether oxygens (including phenoxy) is 1. The highest BCUT2D eigenvalue weighted by molar-refractivity contribution is 9.10. The maximum absolute atomic E-state index is 12.0. The maximum atomic E-state index is 12.0. The van der Waals surface area contributed by atoms with Crippen LogP contribution in [0.3, 0.4) is 0 Å². The minimum Gasteiger partial charge on any atom is -0.488 e. The molecule has 2 rings (SSSR count). The Kier molecular flexibility index (Phi) is 5.69. The summed E-state index contributed by atoms with van der Waals surface area (Å²) in [4.78, 5) is 22.3. The van der Waals surface area contributed by atoms with Crippen molar-refractivity contribution < 1.29 is 19.4 Å². The zero-order chi connectivity index (χ0) is 15.2. The molecule has 1 aliphatic heterocycles. The summed E-state index contributed by atoms with van der Waals surface area (Å²) >= 11 is 4.65. The molecule has 0 atom stereocenters. The third-order valence-electron chi connectivity index (χ3n) is 2.73. The van der Waals surface area contributed by atoms with Crippen molar-refractivity contribution in [3.05, 3.63) is 33.8 Å². The van der Waals surface area contributed by atoms with E-state index in [4.69, 9.17) is 9.84 Å². The molecule has 0 saturated carbocycles. The highest BCUT2D eigenvalue weighted by Gasteiger charge is 2.17. The molecule has 2 N–H and O–H groups in total. The minimum absolute atomic E-state index is 0.0447. The van der Waals surface area contributed by atoms with Gasteiger partial charge < -0.3 is 15.2 Å². The summed E-state index contributed by atoms with van der Waals surface area (Å²) in [5, 5.41) is 11.3. The zero-order valence-electron chi connectivity index (χ0n) is 11.1. The predicted molar refractivity (Wildman–Crippen MR) is 85.6 cm³/mol. The Morgan fingerprint density at radius 2 is 2.24 bits per heavy atom. The molecule has 7 heteroatoms. The van der Waals surface area contributed by atoms with E-state index < -0.39 is 5.97 Å². The van der Waals surface area contributed by atoms with E-state index >= 15 is 0 Å². The number of carbonyl (C=O) groups excluding carboxylic acids is 1. The Bertz CT molecular complexity index is 588. The zero-order valence-corrected chi connectivity index (χ0v) is 13.5. The minimum atomic E-state index is -0.850. The number of carboxylic acid groups (broad SMARTS) is 1. The van der Waals surface area contributed by atoms with Gasteiger partial charge in [-0.25, -0.2) is 0 Å². The van der Waals surface area contributed by atoms with Crippen molar-refractivity contribution in [2.24, 2.45) is 0 Å². The van der Waals surface area contributed by atoms with Crippen LogP contribution < -0.4 is 10.1 Å². The number of rotatable bonds is 6. The number of benzene rings is 1. The topological polar surface area (TPSA) is 75.6 Å². The Balaban J connectivity index is 1.87. The summed E-state index contributed by atoms with van der Waals surface area (Å²) in [6.45, 7) is 0.669. The maximum Gasteiger partial charge on any atom is 0.313 e. The summed E-state index contributed by atoms with van der Waals surface area (Å²) in [5.41, 5.74) is 1.42. The van der Waals surface area contributed by atoms with Crippen LogP contribution in [0.25, 0.3) is 6.08 Å². The SMILES string of the molecule is O=C(O)CSCCNC(=O)C1=Cc2cc(Br)ccc2OC1. The molecule has 1 aromatic carbocycles. The van der Waals surface area contributed by atoms with Crippen LogP contribution in [0, 0.1) is 0 Å². The summed E-state index contributed by atoms with van der Waals surface area (Å²) in [6.07, 6.45) is 1.81. The number of halogens is 1. The van der Waals surface area contributed by atoms with Crippen molar-refractivity contribution in [1.82, 2.24) is 5.32 Å². The summed E-state index contributed by atoms with van der Waals surface area (Å²) < 4.78 is 6.46. The van der Waals surface area contributed by atoms with Crippen molar-refractivity contribution in [3.8, 4) is 5.75 Å². The van der Waals surface area contributed by atoms with Gasteiger partial charge in [0.1, 0.15) is 12.4 Å². The Morgan fingerprint density at radius 1 is 1.43 bits per heavy atom. The predicted octanol–water partition coefficient (Wildman–Crippen LogP) is 2.16. The van der Waals surface area contributed by atoms with Crippen LogP contribution in [0.4, 0.5) is 0 Å². The lowest BCUT2D eigenvalue weighted by Gasteiger charge is -2.17. The van der Waals surface area contributed by atoms with Crippen molar-refractivity contribution in [2.75, 3.05) is 24.7 Å². The molecule has 0 spiro atoms. The third-order valence-corrected chi connectivity index (χ3v) is 4.17. The Labute approximate surface area is 134 Å². The average Bonchev–Trinajstić information content (AvgIpc) is 2.45. The van der Waals surface area contributed by atoms with E-state index in [1.165, 1.54) is 11.8 Å². The fourth-order valence-corrected chi connectivity index (χ4v) is 2.73. The molecule has 0 unspecified atom stereocenters. The molecule has 112 valence electrons. The van der Waals surface area contributed by atoms with E-state index in [1.807, 2.05) is 24.3 Å². The van der Waals surface area contributed by atoms with Crippen molar-refractivity contribution in [1.29, 1.82) is 0 Å². The molecule has 0 saturated heterocycles. The first kappa shape index (κ1) is 15.9. The molecule has 0 fully saturated rings. The molecule has 1 aliphatic rings. The number of carboxylic acids is 1. The Morgan fingerprint density at radius 3 is 3.00 bits per heavy atom. The van der Waals surface area contributed by atoms with E-state index in [0.29, 0.717) is 17.9 Å². The fraction of sp³-hybridized carbons (Fsp3) is 0.286. The van der Waals surface area contributed by atoms with Crippen molar-refractivity contribution in [2.45, 2.75) is 0 Å². The van der Waals surface area contributed by atoms with Crippen LogP contribution in [-0.4, -0.2) is 41.6 Å². The number of hydrogen-bond acceptors (Lipinski definition) is 4. The lowest BCUT2D eigenvalue weighted by molar-refractivity contribution is -0.133. The van der Waals surface area contributed by atoms with Crippen LogP contribution in [0.2, 0.25) is 0 Å². The number of carbonyl (C=O) groups is 2. The van der Waals surface area contributed by atoms with Gasteiger partial charge in [-0.1, -0.05) is 15.9 Å². The Hall–Kier alpha value is -1.47. The first-order valence-corrected chi connectivity index (χ1v) is 8.21. The van der Waals surface area contributed by atoms with Gasteiger partial charge in [0.2, 0.25) is 0 Å². The molecule has 0 radical (unpaired) electrons.